The van der Waals surface area contributed by atoms with Crippen LogP contribution in [0.15, 0.2) is 24.3 Å². The third-order valence-corrected chi connectivity index (χ3v) is 1.82. The molecule has 0 atom stereocenters. The van der Waals surface area contributed by atoms with Crippen molar-refractivity contribution in [2.45, 2.75) is 12.8 Å². The van der Waals surface area contributed by atoms with Crippen molar-refractivity contribution in [3.8, 4) is 17.6 Å². The van der Waals surface area contributed by atoms with Crippen LogP contribution >= 0.6 is 0 Å². The summed E-state index contributed by atoms with van der Waals surface area (Å²) in [5.74, 6) is 6.30. The van der Waals surface area contributed by atoms with Crippen LogP contribution in [0.3, 0.4) is 0 Å². The minimum Gasteiger partial charge on any atom is -0.497 e. The normalized spacial score (nSPS) is 8.87. The lowest BCUT2D eigenvalue weighted by molar-refractivity contribution is -0.117. The molecule has 0 aliphatic rings. The van der Waals surface area contributed by atoms with Gasteiger partial charge in [-0.25, -0.2) is 0 Å². The lowest BCUT2D eigenvalue weighted by atomic mass is 10.2. The van der Waals surface area contributed by atoms with Gasteiger partial charge in [-0.1, -0.05) is 11.8 Å². The molecule has 0 bridgehead atoms. The molecule has 0 saturated carbocycles. The molecule has 2 N–H and O–H groups in total. The standard InChI is InChI=1S/C12H13NO2/c1-15-11-8-6-10(7-9-11)4-2-3-5-12(13)14/h6-9H,3,5H2,1H3,(H2,13,14). The Balaban J connectivity index is 2.52. The summed E-state index contributed by atoms with van der Waals surface area (Å²) < 4.78 is 5.02. The average molecular weight is 203 g/mol. The fourth-order valence-corrected chi connectivity index (χ4v) is 1.02. The summed E-state index contributed by atoms with van der Waals surface area (Å²) in [6.45, 7) is 0. The molecule has 0 heterocycles. The van der Waals surface area contributed by atoms with E-state index in [1.807, 2.05) is 24.3 Å². The first-order valence-electron chi connectivity index (χ1n) is 4.63. The second kappa shape index (κ2) is 5.71. The number of primary amides is 1. The number of carbonyl (C=O) groups excluding carboxylic acids is 1. The van der Waals surface area contributed by atoms with E-state index in [1.165, 1.54) is 0 Å². The van der Waals surface area contributed by atoms with Gasteiger partial charge in [0, 0.05) is 18.4 Å². The summed E-state index contributed by atoms with van der Waals surface area (Å²) in [4.78, 5) is 10.4. The lowest BCUT2D eigenvalue weighted by Crippen LogP contribution is -2.08. The van der Waals surface area contributed by atoms with Crippen LogP contribution in [0.2, 0.25) is 0 Å². The molecule has 0 aliphatic heterocycles. The topological polar surface area (TPSA) is 52.3 Å². The first kappa shape index (κ1) is 11.1. The molecule has 1 amide bonds. The van der Waals surface area contributed by atoms with Crippen LogP contribution in [0.25, 0.3) is 0 Å². The largest absolute Gasteiger partial charge is 0.497 e. The maximum Gasteiger partial charge on any atom is 0.218 e. The van der Waals surface area contributed by atoms with Gasteiger partial charge in [-0.15, -0.1) is 0 Å². The summed E-state index contributed by atoms with van der Waals surface area (Å²) in [6, 6.07) is 7.43. The minimum absolute atomic E-state index is 0.309. The van der Waals surface area contributed by atoms with Gasteiger partial charge in [0.15, 0.2) is 0 Å². The third kappa shape index (κ3) is 4.19. The van der Waals surface area contributed by atoms with Crippen molar-refractivity contribution in [1.29, 1.82) is 0 Å². The van der Waals surface area contributed by atoms with Gasteiger partial charge < -0.3 is 10.5 Å². The van der Waals surface area contributed by atoms with E-state index in [0.29, 0.717) is 12.8 Å². The van der Waals surface area contributed by atoms with Crippen LogP contribution in [0.5, 0.6) is 5.75 Å². The molecule has 0 unspecified atom stereocenters. The monoisotopic (exact) mass is 203 g/mol. The van der Waals surface area contributed by atoms with Crippen molar-refractivity contribution in [1.82, 2.24) is 0 Å². The maximum atomic E-state index is 10.4. The highest BCUT2D eigenvalue weighted by Crippen LogP contribution is 2.10. The predicted octanol–water partition coefficient (Wildman–Crippen LogP) is 1.31. The van der Waals surface area contributed by atoms with Crippen molar-refractivity contribution in [3.05, 3.63) is 29.8 Å². The highest BCUT2D eigenvalue weighted by Gasteiger charge is 1.91. The summed E-state index contributed by atoms with van der Waals surface area (Å²) in [6.07, 6.45) is 0.810. The van der Waals surface area contributed by atoms with Crippen molar-refractivity contribution in [2.75, 3.05) is 7.11 Å². The Kier molecular flexibility index (Phi) is 4.24. The molecular weight excluding hydrogens is 190 g/mol. The molecule has 3 heteroatoms. The average Bonchev–Trinajstić information content (AvgIpc) is 2.25. The van der Waals surface area contributed by atoms with Crippen molar-refractivity contribution in [2.24, 2.45) is 5.73 Å². The zero-order chi connectivity index (χ0) is 11.1. The SMILES string of the molecule is COc1ccc(C#CCCC(N)=O)cc1. The van der Waals surface area contributed by atoms with Gasteiger partial charge in [-0.3, -0.25) is 4.79 Å². The molecule has 0 aromatic heterocycles. The highest BCUT2D eigenvalue weighted by molar-refractivity contribution is 5.73. The number of nitrogens with two attached hydrogens (primary N) is 1. The van der Waals surface area contributed by atoms with E-state index in [2.05, 4.69) is 11.8 Å². The summed E-state index contributed by atoms with van der Waals surface area (Å²) >= 11 is 0. The molecule has 0 aliphatic carbocycles. The molecule has 0 saturated heterocycles. The Labute approximate surface area is 89.2 Å². The second-order valence-corrected chi connectivity index (χ2v) is 3.00. The minimum atomic E-state index is -0.320. The molecule has 1 aromatic rings. The molecule has 78 valence electrons. The van der Waals surface area contributed by atoms with E-state index in [1.54, 1.807) is 7.11 Å². The lowest BCUT2D eigenvalue weighted by Gasteiger charge is -1.97. The number of methoxy groups -OCH3 is 1. The Hall–Kier alpha value is -1.95. The van der Waals surface area contributed by atoms with Crippen LogP contribution in [-0.2, 0) is 4.79 Å². The molecule has 15 heavy (non-hydrogen) atoms. The number of hydrogen-bond donors (Lipinski definition) is 1. The van der Waals surface area contributed by atoms with Crippen LogP contribution in [0, 0.1) is 11.8 Å². The van der Waals surface area contributed by atoms with Gasteiger partial charge in [0.2, 0.25) is 5.91 Å². The van der Waals surface area contributed by atoms with E-state index in [9.17, 15) is 4.79 Å². The second-order valence-electron chi connectivity index (χ2n) is 3.00. The molecular formula is C12H13NO2. The zero-order valence-corrected chi connectivity index (χ0v) is 8.62. The Morgan fingerprint density at radius 1 is 1.40 bits per heavy atom. The van der Waals surface area contributed by atoms with Gasteiger partial charge in [0.25, 0.3) is 0 Å². The van der Waals surface area contributed by atoms with E-state index in [-0.39, 0.29) is 5.91 Å². The Morgan fingerprint density at radius 2 is 2.07 bits per heavy atom. The van der Waals surface area contributed by atoms with Crippen molar-refractivity contribution >= 4 is 5.91 Å². The Morgan fingerprint density at radius 3 is 2.60 bits per heavy atom. The highest BCUT2D eigenvalue weighted by atomic mass is 16.5. The van der Waals surface area contributed by atoms with Crippen LogP contribution in [-0.4, -0.2) is 13.0 Å². The molecule has 0 radical (unpaired) electrons. The van der Waals surface area contributed by atoms with Crippen LogP contribution < -0.4 is 10.5 Å². The first-order valence-corrected chi connectivity index (χ1v) is 4.63. The van der Waals surface area contributed by atoms with E-state index in [0.717, 1.165) is 11.3 Å². The predicted molar refractivity (Wildman–Crippen MR) is 58.3 cm³/mol. The zero-order valence-electron chi connectivity index (χ0n) is 8.62. The number of amides is 1. The first-order chi connectivity index (χ1) is 7.22. The number of hydrogen-bond acceptors (Lipinski definition) is 2. The third-order valence-electron chi connectivity index (χ3n) is 1.82. The molecule has 1 aromatic carbocycles. The summed E-state index contributed by atoms with van der Waals surface area (Å²) in [5.41, 5.74) is 5.89. The van der Waals surface area contributed by atoms with Crippen molar-refractivity contribution in [3.63, 3.8) is 0 Å². The van der Waals surface area contributed by atoms with E-state index < -0.39 is 0 Å². The molecule has 0 spiro atoms. The molecule has 3 nitrogen and oxygen atoms in total. The van der Waals surface area contributed by atoms with E-state index in [4.69, 9.17) is 10.5 Å². The van der Waals surface area contributed by atoms with Crippen molar-refractivity contribution < 1.29 is 9.53 Å². The number of benzene rings is 1. The molecule has 1 rings (SSSR count). The molecule has 0 fully saturated rings. The van der Waals surface area contributed by atoms with E-state index >= 15 is 0 Å². The van der Waals surface area contributed by atoms with Gasteiger partial charge in [0.05, 0.1) is 7.11 Å². The summed E-state index contributed by atoms with van der Waals surface area (Å²) in [7, 11) is 1.62. The fraction of sp³-hybridized carbons (Fsp3) is 0.250. The number of rotatable bonds is 3. The maximum absolute atomic E-state index is 10.4. The number of ether oxygens (including phenoxy) is 1. The van der Waals surface area contributed by atoms with Crippen LogP contribution in [0.4, 0.5) is 0 Å². The fourth-order valence-electron chi connectivity index (χ4n) is 1.02. The quantitative estimate of drug-likeness (QED) is 0.753. The van der Waals surface area contributed by atoms with Gasteiger partial charge in [0.1, 0.15) is 5.75 Å². The number of carbonyl (C=O) groups is 1. The summed E-state index contributed by atoms with van der Waals surface area (Å²) in [5, 5.41) is 0. The smallest absolute Gasteiger partial charge is 0.218 e. The van der Waals surface area contributed by atoms with Crippen LogP contribution in [0.1, 0.15) is 18.4 Å². The van der Waals surface area contributed by atoms with Gasteiger partial charge in [-0.2, -0.15) is 0 Å². The van der Waals surface area contributed by atoms with Gasteiger partial charge >= 0.3 is 0 Å². The van der Waals surface area contributed by atoms with Gasteiger partial charge in [-0.05, 0) is 24.3 Å². The Bertz CT molecular complexity index is 384.